The van der Waals surface area contributed by atoms with Crippen LogP contribution >= 0.6 is 11.3 Å². The molecule has 0 aliphatic heterocycles. The Morgan fingerprint density at radius 3 is 2.58 bits per heavy atom. The molecule has 0 bridgehead atoms. The number of rotatable bonds is 8. The van der Waals surface area contributed by atoms with E-state index in [0.717, 1.165) is 17.1 Å². The molecule has 1 aromatic carbocycles. The molecule has 130 valence electrons. The Hall–Kier alpha value is -1.72. The molecule has 1 unspecified atom stereocenters. The average Bonchev–Trinajstić information content (AvgIpc) is 3.00. The van der Waals surface area contributed by atoms with Crippen LogP contribution in [-0.2, 0) is 23.2 Å². The van der Waals surface area contributed by atoms with E-state index in [1.807, 2.05) is 18.2 Å². The van der Waals surface area contributed by atoms with Crippen LogP contribution in [0.2, 0.25) is 0 Å². The second-order valence-electron chi connectivity index (χ2n) is 7.09. The maximum absolute atomic E-state index is 10.9. The molecule has 1 atom stereocenters. The van der Waals surface area contributed by atoms with Crippen LogP contribution in [0.25, 0.3) is 0 Å². The van der Waals surface area contributed by atoms with Crippen LogP contribution in [-0.4, -0.2) is 22.1 Å². The van der Waals surface area contributed by atoms with Gasteiger partial charge in [0.2, 0.25) is 0 Å². The number of thiazole rings is 1. The lowest BCUT2D eigenvalue weighted by Crippen LogP contribution is -2.31. The molecule has 2 N–H and O–H groups in total. The van der Waals surface area contributed by atoms with Crippen molar-refractivity contribution in [2.24, 2.45) is 0 Å². The van der Waals surface area contributed by atoms with Crippen molar-refractivity contribution < 1.29 is 9.90 Å². The molecule has 0 saturated heterocycles. The molecule has 0 fully saturated rings. The Labute approximate surface area is 148 Å². The maximum atomic E-state index is 10.9. The van der Waals surface area contributed by atoms with E-state index in [1.165, 1.54) is 5.56 Å². The Balaban J connectivity index is 1.96. The summed E-state index contributed by atoms with van der Waals surface area (Å²) in [6.07, 6.45) is 1.61. The van der Waals surface area contributed by atoms with Crippen molar-refractivity contribution >= 4 is 17.3 Å². The third kappa shape index (κ3) is 6.06. The fourth-order valence-corrected chi connectivity index (χ4v) is 3.36. The number of nitrogens with zero attached hydrogens (tertiary/aromatic N) is 1. The van der Waals surface area contributed by atoms with Crippen LogP contribution < -0.4 is 5.32 Å². The molecule has 5 heteroatoms. The van der Waals surface area contributed by atoms with Gasteiger partial charge in [0.1, 0.15) is 0 Å². The van der Waals surface area contributed by atoms with Crippen molar-refractivity contribution in [3.63, 3.8) is 0 Å². The largest absolute Gasteiger partial charge is 0.481 e. The van der Waals surface area contributed by atoms with Crippen LogP contribution in [0.1, 0.15) is 49.9 Å². The van der Waals surface area contributed by atoms with Crippen molar-refractivity contribution in [1.82, 2.24) is 10.3 Å². The van der Waals surface area contributed by atoms with E-state index in [-0.39, 0.29) is 17.9 Å². The Bertz CT molecular complexity index is 647. The fraction of sp³-hybridized carbons (Fsp3) is 0.474. The quantitative estimate of drug-likeness (QED) is 0.758. The lowest BCUT2D eigenvalue weighted by molar-refractivity contribution is -0.137. The standard InChI is InChI=1S/C19H26N2O2S/c1-19(2,3)18-21-16(13-24-18)12-20-15(9-10-17(22)23)11-14-7-5-4-6-8-14/h4-8,13,15,20H,9-12H2,1-3H3,(H,22,23). The zero-order chi connectivity index (χ0) is 17.6. The topological polar surface area (TPSA) is 62.2 Å². The van der Waals surface area contributed by atoms with Crippen LogP contribution in [0, 0.1) is 0 Å². The van der Waals surface area contributed by atoms with Gasteiger partial charge in [-0.15, -0.1) is 11.3 Å². The van der Waals surface area contributed by atoms with Gasteiger partial charge in [-0.1, -0.05) is 51.1 Å². The van der Waals surface area contributed by atoms with E-state index >= 15 is 0 Å². The zero-order valence-corrected chi connectivity index (χ0v) is 15.4. The minimum atomic E-state index is -0.751. The van der Waals surface area contributed by atoms with E-state index in [9.17, 15) is 4.79 Å². The summed E-state index contributed by atoms with van der Waals surface area (Å²) in [4.78, 5) is 15.6. The minimum absolute atomic E-state index is 0.0651. The van der Waals surface area contributed by atoms with Gasteiger partial charge in [-0.3, -0.25) is 4.79 Å². The van der Waals surface area contributed by atoms with E-state index < -0.39 is 5.97 Å². The predicted molar refractivity (Wildman–Crippen MR) is 98.5 cm³/mol. The second kappa shape index (κ2) is 8.40. The van der Waals surface area contributed by atoms with Crippen molar-refractivity contribution in [3.8, 4) is 0 Å². The number of carbonyl (C=O) groups is 1. The summed E-state index contributed by atoms with van der Waals surface area (Å²) in [5, 5.41) is 15.7. The lowest BCUT2D eigenvalue weighted by atomic mass is 9.98. The molecule has 0 aliphatic rings. The fourth-order valence-electron chi connectivity index (χ4n) is 2.45. The zero-order valence-electron chi connectivity index (χ0n) is 14.6. The molecule has 24 heavy (non-hydrogen) atoms. The Morgan fingerprint density at radius 1 is 1.29 bits per heavy atom. The molecule has 2 rings (SSSR count). The summed E-state index contributed by atoms with van der Waals surface area (Å²) < 4.78 is 0. The minimum Gasteiger partial charge on any atom is -0.481 e. The van der Waals surface area contributed by atoms with Gasteiger partial charge in [0.05, 0.1) is 10.7 Å². The highest BCUT2D eigenvalue weighted by Gasteiger charge is 2.18. The van der Waals surface area contributed by atoms with Crippen molar-refractivity contribution in [2.45, 2.75) is 58.0 Å². The molecule has 0 radical (unpaired) electrons. The summed E-state index contributed by atoms with van der Waals surface area (Å²) in [6.45, 7) is 7.15. The highest BCUT2D eigenvalue weighted by molar-refractivity contribution is 7.09. The van der Waals surface area contributed by atoms with Gasteiger partial charge >= 0.3 is 5.97 Å². The summed E-state index contributed by atoms with van der Waals surface area (Å²) in [5.74, 6) is -0.751. The van der Waals surface area contributed by atoms with Crippen molar-refractivity contribution in [2.75, 3.05) is 0 Å². The SMILES string of the molecule is CC(C)(C)c1nc(CNC(CCC(=O)O)Cc2ccccc2)cs1. The number of aliphatic carboxylic acids is 1. The molecule has 1 heterocycles. The number of nitrogens with one attached hydrogen (secondary N) is 1. The number of aromatic nitrogens is 1. The van der Waals surface area contributed by atoms with Gasteiger partial charge < -0.3 is 10.4 Å². The summed E-state index contributed by atoms with van der Waals surface area (Å²) >= 11 is 1.69. The van der Waals surface area contributed by atoms with Crippen LogP contribution in [0.5, 0.6) is 0 Å². The molecule has 0 saturated carbocycles. The summed E-state index contributed by atoms with van der Waals surface area (Å²) in [5.41, 5.74) is 2.31. The van der Waals surface area contributed by atoms with Gasteiger partial charge in [-0.2, -0.15) is 0 Å². The van der Waals surface area contributed by atoms with Crippen molar-refractivity contribution in [3.05, 3.63) is 52.0 Å². The average molecular weight is 346 g/mol. The lowest BCUT2D eigenvalue weighted by Gasteiger charge is -2.18. The van der Waals surface area contributed by atoms with Crippen LogP contribution in [0.15, 0.2) is 35.7 Å². The molecule has 1 aromatic heterocycles. The number of hydrogen-bond acceptors (Lipinski definition) is 4. The highest BCUT2D eigenvalue weighted by atomic mass is 32.1. The van der Waals surface area contributed by atoms with Gasteiger partial charge in [-0.05, 0) is 18.4 Å². The van der Waals surface area contributed by atoms with Crippen LogP contribution in [0.3, 0.4) is 0 Å². The van der Waals surface area contributed by atoms with Gasteiger partial charge in [0.25, 0.3) is 0 Å². The molecule has 0 aliphatic carbocycles. The van der Waals surface area contributed by atoms with Crippen molar-refractivity contribution in [1.29, 1.82) is 0 Å². The first kappa shape index (κ1) is 18.6. The maximum Gasteiger partial charge on any atom is 0.303 e. The first-order valence-corrected chi connectivity index (χ1v) is 9.16. The first-order chi connectivity index (χ1) is 11.3. The van der Waals surface area contributed by atoms with Gasteiger partial charge in [0, 0.05) is 29.8 Å². The number of carboxylic acids is 1. The summed E-state index contributed by atoms with van der Waals surface area (Å²) in [7, 11) is 0. The van der Waals surface area contributed by atoms with Gasteiger partial charge in [-0.25, -0.2) is 4.98 Å². The predicted octanol–water partition coefficient (Wildman–Crippen LogP) is 4.01. The Morgan fingerprint density at radius 2 is 2.00 bits per heavy atom. The number of hydrogen-bond donors (Lipinski definition) is 2. The third-order valence-corrected chi connectivity index (χ3v) is 5.11. The number of benzene rings is 1. The van der Waals surface area contributed by atoms with E-state index in [0.29, 0.717) is 13.0 Å². The monoisotopic (exact) mass is 346 g/mol. The summed E-state index contributed by atoms with van der Waals surface area (Å²) in [6, 6.07) is 10.3. The molecular formula is C19H26N2O2S. The van der Waals surface area contributed by atoms with E-state index in [2.05, 4.69) is 43.6 Å². The molecule has 0 spiro atoms. The normalized spacial score (nSPS) is 13.0. The molecule has 4 nitrogen and oxygen atoms in total. The second-order valence-corrected chi connectivity index (χ2v) is 7.95. The molecule has 2 aromatic rings. The Kier molecular flexibility index (Phi) is 6.52. The third-order valence-electron chi connectivity index (χ3n) is 3.80. The smallest absolute Gasteiger partial charge is 0.303 e. The highest BCUT2D eigenvalue weighted by Crippen LogP contribution is 2.25. The first-order valence-electron chi connectivity index (χ1n) is 8.28. The number of carboxylic acid groups (broad SMARTS) is 1. The molecule has 0 amide bonds. The van der Waals surface area contributed by atoms with E-state index in [4.69, 9.17) is 10.1 Å². The van der Waals surface area contributed by atoms with Gasteiger partial charge in [0.15, 0.2) is 0 Å². The van der Waals surface area contributed by atoms with E-state index in [1.54, 1.807) is 11.3 Å². The van der Waals surface area contributed by atoms with Crippen LogP contribution in [0.4, 0.5) is 0 Å². The molecular weight excluding hydrogens is 320 g/mol.